The van der Waals surface area contributed by atoms with E-state index in [1.54, 1.807) is 12.1 Å². The quantitative estimate of drug-likeness (QED) is 0.879. The van der Waals surface area contributed by atoms with Gasteiger partial charge in [0.25, 0.3) is 0 Å². The van der Waals surface area contributed by atoms with E-state index in [9.17, 15) is 9.59 Å². The summed E-state index contributed by atoms with van der Waals surface area (Å²) in [6.45, 7) is 0.438. The van der Waals surface area contributed by atoms with Crippen LogP contribution in [-0.4, -0.2) is 34.5 Å². The van der Waals surface area contributed by atoms with Gasteiger partial charge in [-0.15, -0.1) is 0 Å². The van der Waals surface area contributed by atoms with Crippen LogP contribution in [0.3, 0.4) is 0 Å². The first-order valence-corrected chi connectivity index (χ1v) is 7.36. The first-order chi connectivity index (χ1) is 10.7. The second kappa shape index (κ2) is 6.02. The topological polar surface area (TPSA) is 57.6 Å². The van der Waals surface area contributed by atoms with E-state index in [0.717, 1.165) is 17.5 Å². The molecule has 0 bridgehead atoms. The van der Waals surface area contributed by atoms with Crippen molar-refractivity contribution in [1.82, 2.24) is 4.90 Å². The molecule has 4 heteroatoms. The van der Waals surface area contributed by atoms with Crippen molar-refractivity contribution in [1.29, 1.82) is 0 Å². The molecule has 0 unspecified atom stereocenters. The fourth-order valence-corrected chi connectivity index (χ4v) is 2.92. The minimum atomic E-state index is -1.02. The number of Topliss-reactive ketones (excluding diaryl/α,β-unsaturated/α-hetero) is 1. The van der Waals surface area contributed by atoms with Crippen LogP contribution in [0.1, 0.15) is 23.2 Å². The Kier molecular flexibility index (Phi) is 3.92. The Morgan fingerprint density at radius 2 is 1.59 bits per heavy atom. The first-order valence-electron chi connectivity index (χ1n) is 7.36. The van der Waals surface area contributed by atoms with Gasteiger partial charge in [0, 0.05) is 12.1 Å². The molecule has 1 saturated heterocycles. The molecule has 0 spiro atoms. The molecule has 0 saturated carbocycles. The lowest BCUT2D eigenvalue weighted by Crippen LogP contribution is -2.39. The van der Waals surface area contributed by atoms with Crippen LogP contribution < -0.4 is 0 Å². The summed E-state index contributed by atoms with van der Waals surface area (Å²) in [4.78, 5) is 24.9. The number of carbonyl (C=O) groups is 2. The molecule has 1 aliphatic heterocycles. The van der Waals surface area contributed by atoms with Crippen LogP contribution in [0, 0.1) is 0 Å². The summed E-state index contributed by atoms with van der Waals surface area (Å²) in [6, 6.07) is 16.8. The predicted octanol–water partition coefficient (Wildman–Crippen LogP) is 3.68. The molecule has 4 nitrogen and oxygen atoms in total. The van der Waals surface area contributed by atoms with Crippen LogP contribution in [0.25, 0.3) is 11.1 Å². The van der Waals surface area contributed by atoms with E-state index in [2.05, 4.69) is 0 Å². The smallest absolute Gasteiger partial charge is 0.407 e. The van der Waals surface area contributed by atoms with Crippen LogP contribution in [0.15, 0.2) is 54.6 Å². The summed E-state index contributed by atoms with van der Waals surface area (Å²) in [5, 5.41) is 9.15. The number of ketones is 1. The van der Waals surface area contributed by atoms with Crippen molar-refractivity contribution in [3.8, 4) is 11.1 Å². The summed E-state index contributed by atoms with van der Waals surface area (Å²) in [7, 11) is 0. The summed E-state index contributed by atoms with van der Waals surface area (Å²) in [5.74, 6) is -0.112. The normalized spacial score (nSPS) is 17.5. The molecule has 0 aliphatic carbocycles. The predicted molar refractivity (Wildman–Crippen MR) is 84.0 cm³/mol. The van der Waals surface area contributed by atoms with Crippen molar-refractivity contribution in [2.45, 2.75) is 18.9 Å². The maximum absolute atomic E-state index is 12.5. The second-order valence-corrected chi connectivity index (χ2v) is 5.44. The van der Waals surface area contributed by atoms with Crippen LogP contribution in [-0.2, 0) is 0 Å². The van der Waals surface area contributed by atoms with E-state index in [1.807, 2.05) is 42.5 Å². The molecule has 0 aromatic heterocycles. The Balaban J connectivity index is 1.81. The fraction of sp³-hybridized carbons (Fsp3) is 0.222. The average Bonchev–Trinajstić information content (AvgIpc) is 3.05. The largest absolute Gasteiger partial charge is 0.465 e. The number of nitrogens with zero attached hydrogens (tertiary/aromatic N) is 1. The molecular weight excluding hydrogens is 278 g/mol. The van der Waals surface area contributed by atoms with Gasteiger partial charge in [-0.05, 0) is 24.0 Å². The van der Waals surface area contributed by atoms with E-state index < -0.39 is 12.1 Å². The zero-order chi connectivity index (χ0) is 15.5. The molecule has 1 heterocycles. The third-order valence-corrected chi connectivity index (χ3v) is 4.08. The molecule has 2 aromatic carbocycles. The van der Waals surface area contributed by atoms with Crippen molar-refractivity contribution >= 4 is 11.9 Å². The van der Waals surface area contributed by atoms with Crippen LogP contribution in [0.4, 0.5) is 4.79 Å². The molecule has 1 N–H and O–H groups in total. The van der Waals surface area contributed by atoms with Gasteiger partial charge < -0.3 is 5.11 Å². The zero-order valence-corrected chi connectivity index (χ0v) is 12.1. The molecule has 1 atom stereocenters. The number of amides is 1. The molecule has 0 radical (unpaired) electrons. The highest BCUT2D eigenvalue weighted by atomic mass is 16.4. The lowest BCUT2D eigenvalue weighted by atomic mass is 9.99. The third kappa shape index (κ3) is 2.72. The maximum Gasteiger partial charge on any atom is 0.407 e. The first kappa shape index (κ1) is 14.3. The molecule has 3 rings (SSSR count). The SMILES string of the molecule is O=C(c1ccc(-c2ccccc2)cc1)[C@H]1CCCN1C(=O)O. The molecule has 22 heavy (non-hydrogen) atoms. The Morgan fingerprint density at radius 1 is 0.955 bits per heavy atom. The van der Waals surface area contributed by atoms with Gasteiger partial charge in [-0.2, -0.15) is 0 Å². The van der Waals surface area contributed by atoms with E-state index >= 15 is 0 Å². The summed E-state index contributed by atoms with van der Waals surface area (Å²) in [6.07, 6.45) is 0.327. The Labute approximate surface area is 129 Å². The molecule has 2 aromatic rings. The molecule has 1 aliphatic rings. The average molecular weight is 295 g/mol. The van der Waals surface area contributed by atoms with Gasteiger partial charge >= 0.3 is 6.09 Å². The minimum Gasteiger partial charge on any atom is -0.465 e. The van der Waals surface area contributed by atoms with Gasteiger partial charge in [-0.1, -0.05) is 54.6 Å². The van der Waals surface area contributed by atoms with Gasteiger partial charge in [0.05, 0.1) is 6.04 Å². The van der Waals surface area contributed by atoms with Gasteiger partial charge in [0.15, 0.2) is 5.78 Å². The number of benzene rings is 2. The van der Waals surface area contributed by atoms with Crippen LogP contribution >= 0.6 is 0 Å². The number of hydrogen-bond acceptors (Lipinski definition) is 2. The number of likely N-dealkylation sites (tertiary alicyclic amines) is 1. The Hall–Kier alpha value is -2.62. The van der Waals surface area contributed by atoms with Crippen LogP contribution in [0.5, 0.6) is 0 Å². The molecule has 1 amide bonds. The Morgan fingerprint density at radius 3 is 2.23 bits per heavy atom. The van der Waals surface area contributed by atoms with Crippen LogP contribution in [0.2, 0.25) is 0 Å². The molecule has 1 fully saturated rings. The zero-order valence-electron chi connectivity index (χ0n) is 12.1. The maximum atomic E-state index is 12.5. The number of carbonyl (C=O) groups excluding carboxylic acids is 1. The van der Waals surface area contributed by atoms with Gasteiger partial charge in [-0.25, -0.2) is 4.79 Å². The standard InChI is InChI=1S/C18H17NO3/c20-17(16-7-4-12-19(16)18(21)22)15-10-8-14(9-11-15)13-5-2-1-3-6-13/h1-3,5-6,8-11,16H,4,7,12H2,(H,21,22)/t16-/m1/s1. The number of carboxylic acid groups (broad SMARTS) is 1. The highest BCUT2D eigenvalue weighted by Crippen LogP contribution is 2.24. The fourth-order valence-electron chi connectivity index (χ4n) is 2.92. The summed E-state index contributed by atoms with van der Waals surface area (Å²) >= 11 is 0. The van der Waals surface area contributed by atoms with Crippen molar-refractivity contribution < 1.29 is 14.7 Å². The van der Waals surface area contributed by atoms with E-state index in [-0.39, 0.29) is 5.78 Å². The van der Waals surface area contributed by atoms with Crippen molar-refractivity contribution in [2.24, 2.45) is 0 Å². The number of rotatable bonds is 3. The van der Waals surface area contributed by atoms with Crippen molar-refractivity contribution in [2.75, 3.05) is 6.54 Å². The van der Waals surface area contributed by atoms with E-state index in [1.165, 1.54) is 4.90 Å². The van der Waals surface area contributed by atoms with E-state index in [0.29, 0.717) is 18.5 Å². The third-order valence-electron chi connectivity index (χ3n) is 4.08. The lowest BCUT2D eigenvalue weighted by molar-refractivity contribution is 0.0845. The Bertz CT molecular complexity index is 679. The highest BCUT2D eigenvalue weighted by molar-refractivity contribution is 6.02. The summed E-state index contributed by atoms with van der Waals surface area (Å²) in [5.41, 5.74) is 2.70. The van der Waals surface area contributed by atoms with E-state index in [4.69, 9.17) is 5.11 Å². The monoisotopic (exact) mass is 295 g/mol. The summed E-state index contributed by atoms with van der Waals surface area (Å²) < 4.78 is 0. The second-order valence-electron chi connectivity index (χ2n) is 5.44. The number of hydrogen-bond donors (Lipinski definition) is 1. The van der Waals surface area contributed by atoms with Crippen molar-refractivity contribution in [3.05, 3.63) is 60.2 Å². The highest BCUT2D eigenvalue weighted by Gasteiger charge is 2.34. The molecule has 112 valence electrons. The minimum absolute atomic E-state index is 0.112. The van der Waals surface area contributed by atoms with Gasteiger partial charge in [0.2, 0.25) is 0 Å². The lowest BCUT2D eigenvalue weighted by Gasteiger charge is -2.20. The molecular formula is C18H17NO3. The van der Waals surface area contributed by atoms with Crippen molar-refractivity contribution in [3.63, 3.8) is 0 Å². The van der Waals surface area contributed by atoms with Gasteiger partial charge in [-0.3, -0.25) is 9.69 Å². The van der Waals surface area contributed by atoms with Gasteiger partial charge in [0.1, 0.15) is 0 Å².